The molecule has 0 fully saturated rings. The molecule has 0 amide bonds. The molecule has 2 aromatic carbocycles. The van der Waals surface area contributed by atoms with Crippen molar-refractivity contribution < 1.29 is 9.13 Å². The standard InChI is InChI=1S/C15H12Cl2FNO/c16-11-3-1-2-9(15(11)17)14-7-12(19)10-6-8(18)4-5-13(10)20-14/h1-6,12,14H,7,19H2. The summed E-state index contributed by atoms with van der Waals surface area (Å²) in [5.74, 6) is 0.272. The quantitative estimate of drug-likeness (QED) is 0.831. The third kappa shape index (κ3) is 2.37. The Hall–Kier alpha value is -1.29. The number of fused-ring (bicyclic) bond motifs is 1. The Balaban J connectivity index is 1.99. The third-order valence-electron chi connectivity index (χ3n) is 3.44. The molecule has 1 aliphatic heterocycles. The molecule has 3 rings (SSSR count). The second-order valence-corrected chi connectivity index (χ2v) is 5.56. The third-order valence-corrected chi connectivity index (χ3v) is 4.27. The molecule has 2 unspecified atom stereocenters. The lowest BCUT2D eigenvalue weighted by Crippen LogP contribution is -2.24. The van der Waals surface area contributed by atoms with Gasteiger partial charge >= 0.3 is 0 Å². The maximum atomic E-state index is 13.3. The summed E-state index contributed by atoms with van der Waals surface area (Å²) in [6.45, 7) is 0. The van der Waals surface area contributed by atoms with Crippen molar-refractivity contribution in [1.82, 2.24) is 0 Å². The molecule has 0 bridgehead atoms. The van der Waals surface area contributed by atoms with Crippen LogP contribution < -0.4 is 10.5 Å². The molecular weight excluding hydrogens is 300 g/mol. The molecule has 20 heavy (non-hydrogen) atoms. The zero-order valence-electron chi connectivity index (χ0n) is 10.4. The average Bonchev–Trinajstić information content (AvgIpc) is 2.42. The van der Waals surface area contributed by atoms with E-state index in [-0.39, 0.29) is 18.0 Å². The highest BCUT2D eigenvalue weighted by atomic mass is 35.5. The van der Waals surface area contributed by atoms with Crippen molar-refractivity contribution in [2.45, 2.75) is 18.6 Å². The van der Waals surface area contributed by atoms with E-state index in [1.165, 1.54) is 12.1 Å². The predicted octanol–water partition coefficient (Wildman–Crippen LogP) is 4.66. The molecule has 0 aliphatic carbocycles. The number of ether oxygens (including phenoxy) is 1. The highest BCUT2D eigenvalue weighted by Crippen LogP contribution is 2.42. The minimum Gasteiger partial charge on any atom is -0.485 e. The fourth-order valence-corrected chi connectivity index (χ4v) is 2.86. The minimum absolute atomic E-state index is 0.283. The van der Waals surface area contributed by atoms with Gasteiger partial charge in [0.1, 0.15) is 17.7 Å². The number of hydrogen-bond donors (Lipinski definition) is 1. The Morgan fingerprint density at radius 2 is 1.95 bits per heavy atom. The summed E-state index contributed by atoms with van der Waals surface area (Å²) < 4.78 is 19.1. The van der Waals surface area contributed by atoms with Crippen molar-refractivity contribution in [2.24, 2.45) is 5.73 Å². The molecule has 0 spiro atoms. The van der Waals surface area contributed by atoms with Gasteiger partial charge in [-0.1, -0.05) is 35.3 Å². The van der Waals surface area contributed by atoms with Gasteiger partial charge in [-0.2, -0.15) is 0 Å². The monoisotopic (exact) mass is 311 g/mol. The highest BCUT2D eigenvalue weighted by molar-refractivity contribution is 6.42. The lowest BCUT2D eigenvalue weighted by Gasteiger charge is -2.31. The van der Waals surface area contributed by atoms with Crippen LogP contribution >= 0.6 is 23.2 Å². The maximum absolute atomic E-state index is 13.3. The number of halogens is 3. The molecule has 1 heterocycles. The van der Waals surface area contributed by atoms with E-state index in [4.69, 9.17) is 33.7 Å². The van der Waals surface area contributed by atoms with E-state index in [9.17, 15) is 4.39 Å². The normalized spacial score (nSPS) is 21.2. The molecule has 0 radical (unpaired) electrons. The van der Waals surface area contributed by atoms with E-state index in [1.807, 2.05) is 12.1 Å². The first kappa shape index (κ1) is 13.7. The summed E-state index contributed by atoms with van der Waals surface area (Å²) in [6.07, 6.45) is 0.241. The Morgan fingerprint density at radius 1 is 1.15 bits per heavy atom. The molecular formula is C15H12Cl2FNO. The van der Waals surface area contributed by atoms with Gasteiger partial charge in [0.05, 0.1) is 10.0 Å². The van der Waals surface area contributed by atoms with Crippen molar-refractivity contribution in [3.05, 3.63) is 63.4 Å². The summed E-state index contributed by atoms with van der Waals surface area (Å²) in [6, 6.07) is 9.46. The Labute approximate surface area is 126 Å². The van der Waals surface area contributed by atoms with Crippen LogP contribution in [0.5, 0.6) is 5.75 Å². The SMILES string of the molecule is NC1CC(c2cccc(Cl)c2Cl)Oc2ccc(F)cc21. The first-order valence-corrected chi connectivity index (χ1v) is 6.97. The van der Waals surface area contributed by atoms with Gasteiger partial charge in [0.2, 0.25) is 0 Å². The van der Waals surface area contributed by atoms with Crippen molar-refractivity contribution in [3.63, 3.8) is 0 Å². The fourth-order valence-electron chi connectivity index (χ4n) is 2.43. The number of nitrogens with two attached hydrogens (primary N) is 1. The first-order valence-electron chi connectivity index (χ1n) is 6.22. The smallest absolute Gasteiger partial charge is 0.127 e. The number of benzene rings is 2. The van der Waals surface area contributed by atoms with E-state index < -0.39 is 0 Å². The van der Waals surface area contributed by atoms with Gasteiger partial charge in [-0.25, -0.2) is 4.39 Å². The summed E-state index contributed by atoms with van der Waals surface area (Å²) >= 11 is 12.2. The van der Waals surface area contributed by atoms with Crippen LogP contribution in [0.3, 0.4) is 0 Å². The van der Waals surface area contributed by atoms with Gasteiger partial charge in [0, 0.05) is 23.6 Å². The Bertz CT molecular complexity index is 662. The van der Waals surface area contributed by atoms with Crippen molar-refractivity contribution >= 4 is 23.2 Å². The van der Waals surface area contributed by atoms with Crippen molar-refractivity contribution in [2.75, 3.05) is 0 Å². The molecule has 5 heteroatoms. The molecule has 0 aromatic heterocycles. The van der Waals surface area contributed by atoms with E-state index in [0.29, 0.717) is 27.8 Å². The molecule has 104 valence electrons. The largest absolute Gasteiger partial charge is 0.485 e. The zero-order chi connectivity index (χ0) is 14.3. The summed E-state index contributed by atoms with van der Waals surface area (Å²) in [4.78, 5) is 0. The van der Waals surface area contributed by atoms with Gasteiger partial charge in [0.25, 0.3) is 0 Å². The fraction of sp³-hybridized carbons (Fsp3) is 0.200. The van der Waals surface area contributed by atoms with Crippen LogP contribution in [0.2, 0.25) is 10.0 Å². The van der Waals surface area contributed by atoms with Crippen LogP contribution in [0.4, 0.5) is 4.39 Å². The van der Waals surface area contributed by atoms with E-state index >= 15 is 0 Å². The highest BCUT2D eigenvalue weighted by Gasteiger charge is 2.29. The minimum atomic E-state index is -0.318. The van der Waals surface area contributed by atoms with E-state index in [1.54, 1.807) is 12.1 Å². The van der Waals surface area contributed by atoms with Crippen LogP contribution in [0.25, 0.3) is 0 Å². The Kier molecular flexibility index (Phi) is 3.59. The molecule has 2 atom stereocenters. The van der Waals surface area contributed by atoms with Crippen molar-refractivity contribution in [1.29, 1.82) is 0 Å². The van der Waals surface area contributed by atoms with Gasteiger partial charge in [-0.15, -0.1) is 0 Å². The van der Waals surface area contributed by atoms with Crippen LogP contribution in [0.1, 0.15) is 29.7 Å². The van der Waals surface area contributed by atoms with Crippen molar-refractivity contribution in [3.8, 4) is 5.75 Å². The lowest BCUT2D eigenvalue weighted by molar-refractivity contribution is 0.161. The summed E-state index contributed by atoms with van der Waals surface area (Å²) in [5.41, 5.74) is 7.58. The molecule has 1 aliphatic rings. The van der Waals surface area contributed by atoms with E-state index in [0.717, 1.165) is 5.56 Å². The number of rotatable bonds is 1. The van der Waals surface area contributed by atoms with Gasteiger partial charge < -0.3 is 10.5 Å². The summed E-state index contributed by atoms with van der Waals surface area (Å²) in [5, 5.41) is 0.947. The molecule has 2 N–H and O–H groups in total. The maximum Gasteiger partial charge on any atom is 0.127 e. The average molecular weight is 312 g/mol. The second-order valence-electron chi connectivity index (χ2n) is 4.77. The predicted molar refractivity (Wildman–Crippen MR) is 77.8 cm³/mol. The number of hydrogen-bond acceptors (Lipinski definition) is 2. The van der Waals surface area contributed by atoms with Gasteiger partial charge in [0.15, 0.2) is 0 Å². The molecule has 0 saturated heterocycles. The topological polar surface area (TPSA) is 35.2 Å². The lowest BCUT2D eigenvalue weighted by atomic mass is 9.93. The van der Waals surface area contributed by atoms with Crippen LogP contribution in [-0.2, 0) is 0 Å². The second kappa shape index (κ2) is 5.24. The molecule has 2 nitrogen and oxygen atoms in total. The molecule has 0 saturated carbocycles. The van der Waals surface area contributed by atoms with Crippen LogP contribution in [0.15, 0.2) is 36.4 Å². The molecule has 2 aromatic rings. The zero-order valence-corrected chi connectivity index (χ0v) is 12.0. The van der Waals surface area contributed by atoms with Crippen LogP contribution in [-0.4, -0.2) is 0 Å². The van der Waals surface area contributed by atoms with E-state index in [2.05, 4.69) is 0 Å². The summed E-state index contributed by atoms with van der Waals surface area (Å²) in [7, 11) is 0. The van der Waals surface area contributed by atoms with Crippen LogP contribution in [0, 0.1) is 5.82 Å². The van der Waals surface area contributed by atoms with Gasteiger partial charge in [-0.05, 0) is 24.3 Å². The van der Waals surface area contributed by atoms with Gasteiger partial charge in [-0.3, -0.25) is 0 Å². The Morgan fingerprint density at radius 3 is 2.75 bits per heavy atom. The first-order chi connectivity index (χ1) is 9.56.